The van der Waals surface area contributed by atoms with Crippen molar-refractivity contribution in [3.05, 3.63) is 0 Å². The van der Waals surface area contributed by atoms with Crippen LogP contribution in [0.4, 0.5) is 0 Å². The first kappa shape index (κ1) is 22.2. The molecule has 1 saturated heterocycles. The second-order valence-corrected chi connectivity index (χ2v) is 7.10. The number of hydrogen-bond acceptors (Lipinski definition) is 4. The molecule has 6 nitrogen and oxygen atoms in total. The van der Waals surface area contributed by atoms with Gasteiger partial charge < -0.3 is 20.3 Å². The first-order valence-electron chi connectivity index (χ1n) is 9.42. The number of carbonyl (C=O) groups excluding carboxylic acids is 2. The number of nitrogens with zero attached hydrogens (tertiary/aromatic N) is 2. The minimum absolute atomic E-state index is 0. The molecule has 2 fully saturated rings. The maximum atomic E-state index is 12.4. The van der Waals surface area contributed by atoms with Crippen molar-refractivity contribution in [3.63, 3.8) is 0 Å². The van der Waals surface area contributed by atoms with Gasteiger partial charge in [-0.25, -0.2) is 0 Å². The molecule has 2 rings (SSSR count). The monoisotopic (exact) mass is 375 g/mol. The predicted octanol–water partition coefficient (Wildman–Crippen LogP) is 1.80. The summed E-state index contributed by atoms with van der Waals surface area (Å²) >= 11 is 0. The van der Waals surface area contributed by atoms with Crippen molar-refractivity contribution < 1.29 is 14.3 Å². The highest BCUT2D eigenvalue weighted by molar-refractivity contribution is 5.85. The zero-order valence-corrected chi connectivity index (χ0v) is 16.3. The van der Waals surface area contributed by atoms with Crippen LogP contribution in [0, 0.1) is 5.92 Å². The van der Waals surface area contributed by atoms with Crippen LogP contribution in [0.2, 0.25) is 0 Å². The normalized spacial score (nSPS) is 20.1. The van der Waals surface area contributed by atoms with Crippen LogP contribution in [-0.4, -0.2) is 67.6 Å². The third-order valence-corrected chi connectivity index (χ3v) is 5.47. The van der Waals surface area contributed by atoms with Crippen LogP contribution in [0.5, 0.6) is 0 Å². The van der Waals surface area contributed by atoms with E-state index in [0.29, 0.717) is 45.6 Å². The fraction of sp³-hybridized carbons (Fsp3) is 0.889. The molecule has 0 aromatic carbocycles. The molecule has 2 amide bonds. The Bertz CT molecular complexity index is 404. The first-order chi connectivity index (χ1) is 11.6. The lowest BCUT2D eigenvalue weighted by Gasteiger charge is -2.35. The zero-order valence-electron chi connectivity index (χ0n) is 15.5. The summed E-state index contributed by atoms with van der Waals surface area (Å²) in [6.07, 6.45) is 8.39. The highest BCUT2D eigenvalue weighted by atomic mass is 35.5. The van der Waals surface area contributed by atoms with Crippen molar-refractivity contribution in [1.82, 2.24) is 9.80 Å². The summed E-state index contributed by atoms with van der Waals surface area (Å²) in [7, 11) is 1.58. The van der Waals surface area contributed by atoms with Crippen LogP contribution in [0.25, 0.3) is 0 Å². The number of nitrogens with two attached hydrogens (primary N) is 1. The van der Waals surface area contributed by atoms with Crippen molar-refractivity contribution in [3.8, 4) is 0 Å². The van der Waals surface area contributed by atoms with E-state index in [4.69, 9.17) is 10.5 Å². The Morgan fingerprint density at radius 3 is 2.12 bits per heavy atom. The van der Waals surface area contributed by atoms with Crippen LogP contribution in [-0.2, 0) is 14.3 Å². The van der Waals surface area contributed by atoms with Crippen molar-refractivity contribution in [2.45, 2.75) is 57.5 Å². The van der Waals surface area contributed by atoms with Gasteiger partial charge in [-0.1, -0.05) is 32.1 Å². The third-order valence-electron chi connectivity index (χ3n) is 5.47. The molecule has 25 heavy (non-hydrogen) atoms. The van der Waals surface area contributed by atoms with E-state index in [9.17, 15) is 9.59 Å². The third kappa shape index (κ3) is 7.12. The Labute approximate surface area is 157 Å². The summed E-state index contributed by atoms with van der Waals surface area (Å²) in [5, 5.41) is 0. The standard InChI is InChI=1S/C18H33N3O3.ClH/c1-24-16(14-19)13-18(23)21-11-9-20(10-12-21)17(22)8-7-15-5-3-2-4-6-15;/h15-16H,2-14,19H2,1H3;1H. The van der Waals surface area contributed by atoms with E-state index in [1.807, 2.05) is 9.80 Å². The van der Waals surface area contributed by atoms with Crippen LogP contribution < -0.4 is 5.73 Å². The quantitative estimate of drug-likeness (QED) is 0.736. The van der Waals surface area contributed by atoms with Gasteiger partial charge in [0, 0.05) is 46.3 Å². The number of methoxy groups -OCH3 is 1. The fourth-order valence-corrected chi connectivity index (χ4v) is 3.75. The maximum Gasteiger partial charge on any atom is 0.225 e. The smallest absolute Gasteiger partial charge is 0.225 e. The molecule has 146 valence electrons. The molecule has 2 N–H and O–H groups in total. The molecule has 1 saturated carbocycles. The minimum atomic E-state index is -0.215. The lowest BCUT2D eigenvalue weighted by atomic mass is 9.86. The molecular weight excluding hydrogens is 342 g/mol. The molecule has 1 aliphatic heterocycles. The molecular formula is C18H34ClN3O3. The molecule has 7 heteroatoms. The highest BCUT2D eigenvalue weighted by Crippen LogP contribution is 2.27. The number of halogens is 1. The van der Waals surface area contributed by atoms with Gasteiger partial charge in [0.1, 0.15) is 0 Å². The molecule has 0 aromatic heterocycles. The van der Waals surface area contributed by atoms with Gasteiger partial charge in [0.15, 0.2) is 0 Å². The largest absolute Gasteiger partial charge is 0.380 e. The van der Waals surface area contributed by atoms with Gasteiger partial charge in [0.05, 0.1) is 12.5 Å². The van der Waals surface area contributed by atoms with Crippen molar-refractivity contribution in [2.75, 3.05) is 39.8 Å². The summed E-state index contributed by atoms with van der Waals surface area (Å²) in [6, 6.07) is 0. The minimum Gasteiger partial charge on any atom is -0.380 e. The second kappa shape index (κ2) is 11.7. The second-order valence-electron chi connectivity index (χ2n) is 7.10. The molecule has 2 aliphatic rings. The molecule has 1 unspecified atom stereocenters. The van der Waals surface area contributed by atoms with Gasteiger partial charge in [0.25, 0.3) is 0 Å². The maximum absolute atomic E-state index is 12.4. The summed E-state index contributed by atoms with van der Waals surface area (Å²) < 4.78 is 5.17. The summed E-state index contributed by atoms with van der Waals surface area (Å²) in [6.45, 7) is 2.89. The molecule has 0 aromatic rings. The van der Waals surface area contributed by atoms with Crippen molar-refractivity contribution >= 4 is 24.2 Å². The van der Waals surface area contributed by atoms with Gasteiger partial charge in [0.2, 0.25) is 11.8 Å². The molecule has 1 heterocycles. The average molecular weight is 376 g/mol. The predicted molar refractivity (Wildman–Crippen MR) is 101 cm³/mol. The van der Waals surface area contributed by atoms with E-state index in [1.54, 1.807) is 7.11 Å². The fourth-order valence-electron chi connectivity index (χ4n) is 3.75. The lowest BCUT2D eigenvalue weighted by molar-refractivity contribution is -0.141. The van der Waals surface area contributed by atoms with E-state index < -0.39 is 0 Å². The Kier molecular flexibility index (Phi) is 10.4. The van der Waals surface area contributed by atoms with Gasteiger partial charge in [-0.15, -0.1) is 12.4 Å². The van der Waals surface area contributed by atoms with E-state index in [1.165, 1.54) is 32.1 Å². The van der Waals surface area contributed by atoms with Crippen molar-refractivity contribution in [2.24, 2.45) is 11.7 Å². The number of amides is 2. The summed E-state index contributed by atoms with van der Waals surface area (Å²) in [4.78, 5) is 28.3. The lowest BCUT2D eigenvalue weighted by Crippen LogP contribution is -2.51. The van der Waals surface area contributed by atoms with Crippen molar-refractivity contribution in [1.29, 1.82) is 0 Å². The van der Waals surface area contributed by atoms with Crippen LogP contribution in [0.3, 0.4) is 0 Å². The topological polar surface area (TPSA) is 75.9 Å². The van der Waals surface area contributed by atoms with Gasteiger partial charge in [-0.05, 0) is 12.3 Å². The Morgan fingerprint density at radius 1 is 1.04 bits per heavy atom. The summed E-state index contributed by atoms with van der Waals surface area (Å²) in [5.41, 5.74) is 5.57. The number of ether oxygens (including phenoxy) is 1. The number of carbonyl (C=O) groups is 2. The molecule has 0 radical (unpaired) electrons. The van der Waals surface area contributed by atoms with E-state index in [-0.39, 0.29) is 30.3 Å². The Hall–Kier alpha value is -0.850. The summed E-state index contributed by atoms with van der Waals surface area (Å²) in [5.74, 6) is 1.07. The molecule has 0 bridgehead atoms. The number of rotatable bonds is 7. The van der Waals surface area contributed by atoms with E-state index in [2.05, 4.69) is 0 Å². The average Bonchev–Trinajstić information content (AvgIpc) is 2.65. The molecule has 1 atom stereocenters. The van der Waals surface area contributed by atoms with Crippen LogP contribution >= 0.6 is 12.4 Å². The van der Waals surface area contributed by atoms with Gasteiger partial charge >= 0.3 is 0 Å². The zero-order chi connectivity index (χ0) is 17.4. The number of piperazine rings is 1. The van der Waals surface area contributed by atoms with Gasteiger partial charge in [-0.3, -0.25) is 9.59 Å². The molecule has 1 aliphatic carbocycles. The molecule has 0 spiro atoms. The van der Waals surface area contributed by atoms with E-state index in [0.717, 1.165) is 12.3 Å². The Balaban J connectivity index is 0.00000312. The van der Waals surface area contributed by atoms with Gasteiger partial charge in [-0.2, -0.15) is 0 Å². The number of hydrogen-bond donors (Lipinski definition) is 1. The van der Waals surface area contributed by atoms with Crippen LogP contribution in [0.1, 0.15) is 51.4 Å². The Morgan fingerprint density at radius 2 is 1.60 bits per heavy atom. The van der Waals surface area contributed by atoms with Crippen LogP contribution in [0.15, 0.2) is 0 Å². The highest BCUT2D eigenvalue weighted by Gasteiger charge is 2.26. The van der Waals surface area contributed by atoms with E-state index >= 15 is 0 Å². The SMILES string of the molecule is COC(CN)CC(=O)N1CCN(C(=O)CCC2CCCCC2)CC1.Cl. The first-order valence-corrected chi connectivity index (χ1v) is 9.42.